The number of carbonyl (C=O) groups is 1. The van der Waals surface area contributed by atoms with E-state index in [0.717, 1.165) is 22.5 Å². The zero-order chi connectivity index (χ0) is 21.1. The maximum absolute atomic E-state index is 12.6. The van der Waals surface area contributed by atoms with E-state index in [2.05, 4.69) is 20.3 Å². The molecule has 4 aromatic heterocycles. The Bertz CT molecular complexity index is 1240. The summed E-state index contributed by atoms with van der Waals surface area (Å²) in [4.78, 5) is 37.9. The predicted molar refractivity (Wildman–Crippen MR) is 117 cm³/mol. The molecular weight excluding hydrogens is 398 g/mol. The molecule has 0 atom stereocenters. The van der Waals surface area contributed by atoms with Crippen LogP contribution in [0.2, 0.25) is 0 Å². The van der Waals surface area contributed by atoms with Crippen molar-refractivity contribution in [3.8, 4) is 11.4 Å². The molecule has 8 heteroatoms. The van der Waals surface area contributed by atoms with Crippen molar-refractivity contribution >= 4 is 22.4 Å². The lowest BCUT2D eigenvalue weighted by molar-refractivity contribution is 0.102. The van der Waals surface area contributed by atoms with Crippen molar-refractivity contribution in [2.75, 3.05) is 5.32 Å². The monoisotopic (exact) mass is 417 g/mol. The number of hydrogen-bond acceptors (Lipinski definition) is 6. The second-order valence-electron chi connectivity index (χ2n) is 6.90. The zero-order valence-corrected chi connectivity index (χ0v) is 17.3. The fourth-order valence-electron chi connectivity index (χ4n) is 3.06. The van der Waals surface area contributed by atoms with Gasteiger partial charge in [0.25, 0.3) is 11.5 Å². The van der Waals surface area contributed by atoms with Crippen LogP contribution in [0.15, 0.2) is 65.2 Å². The maximum Gasteiger partial charge on any atom is 0.257 e. The molecule has 150 valence electrons. The number of nitrogens with zero attached hydrogens (tertiary/aromatic N) is 4. The highest BCUT2D eigenvalue weighted by molar-refractivity contribution is 7.14. The fourth-order valence-corrected chi connectivity index (χ4v) is 3.75. The van der Waals surface area contributed by atoms with Crippen LogP contribution in [0.25, 0.3) is 11.4 Å². The molecule has 0 aliphatic rings. The van der Waals surface area contributed by atoms with E-state index in [1.165, 1.54) is 17.4 Å². The van der Waals surface area contributed by atoms with Gasteiger partial charge in [-0.1, -0.05) is 0 Å². The zero-order valence-electron chi connectivity index (χ0n) is 16.5. The minimum absolute atomic E-state index is 0.251. The molecule has 0 aromatic carbocycles. The average Bonchev–Trinajstić information content (AvgIpc) is 3.18. The van der Waals surface area contributed by atoms with Gasteiger partial charge < -0.3 is 4.57 Å². The highest BCUT2D eigenvalue weighted by Gasteiger charge is 2.12. The van der Waals surface area contributed by atoms with E-state index in [9.17, 15) is 9.59 Å². The Morgan fingerprint density at radius 3 is 2.60 bits per heavy atom. The summed E-state index contributed by atoms with van der Waals surface area (Å²) in [5.74, 6) is -0.377. The Kier molecular flexibility index (Phi) is 5.49. The van der Waals surface area contributed by atoms with Gasteiger partial charge in [0.2, 0.25) is 0 Å². The lowest BCUT2D eigenvalue weighted by Crippen LogP contribution is -2.22. The van der Waals surface area contributed by atoms with Crippen molar-refractivity contribution in [2.24, 2.45) is 0 Å². The molecule has 30 heavy (non-hydrogen) atoms. The molecule has 0 radical (unpaired) electrons. The highest BCUT2D eigenvalue weighted by Crippen LogP contribution is 2.24. The molecule has 0 saturated heterocycles. The van der Waals surface area contributed by atoms with Crippen LogP contribution < -0.4 is 10.9 Å². The number of aromatic nitrogens is 4. The van der Waals surface area contributed by atoms with Crippen LogP contribution in [-0.4, -0.2) is 25.4 Å². The van der Waals surface area contributed by atoms with Gasteiger partial charge in [0.15, 0.2) is 5.13 Å². The van der Waals surface area contributed by atoms with Gasteiger partial charge in [-0.05, 0) is 55.3 Å². The highest BCUT2D eigenvalue weighted by atomic mass is 32.1. The smallest absolute Gasteiger partial charge is 0.257 e. The second kappa shape index (κ2) is 8.38. The molecule has 0 aliphatic heterocycles. The summed E-state index contributed by atoms with van der Waals surface area (Å²) in [6, 6.07) is 10.6. The largest absolute Gasteiger partial charge is 0.311 e. The summed E-state index contributed by atoms with van der Waals surface area (Å²) in [6.45, 7) is 4.36. The molecule has 0 aliphatic carbocycles. The first-order chi connectivity index (χ1) is 14.5. The van der Waals surface area contributed by atoms with Gasteiger partial charge in [-0.25, -0.2) is 4.98 Å². The summed E-state index contributed by atoms with van der Waals surface area (Å²) in [5.41, 5.74) is 4.47. The first kappa shape index (κ1) is 19.7. The number of nitrogens with one attached hydrogen (secondary N) is 1. The molecule has 0 saturated carbocycles. The van der Waals surface area contributed by atoms with Crippen molar-refractivity contribution in [3.63, 3.8) is 0 Å². The SMILES string of the molecule is Cc1cc(C)nc(-c2csc(NC(=O)c3ccn(Cc4ccncc4)c(=O)c3)n2)c1. The molecule has 0 spiro atoms. The molecule has 1 amide bonds. The van der Waals surface area contributed by atoms with Crippen LogP contribution in [0, 0.1) is 13.8 Å². The van der Waals surface area contributed by atoms with E-state index in [0.29, 0.717) is 17.4 Å². The van der Waals surface area contributed by atoms with Crippen LogP contribution in [0.4, 0.5) is 5.13 Å². The van der Waals surface area contributed by atoms with Gasteiger partial charge in [-0.3, -0.25) is 24.9 Å². The van der Waals surface area contributed by atoms with E-state index >= 15 is 0 Å². The average molecular weight is 417 g/mol. The first-order valence-corrected chi connectivity index (χ1v) is 10.2. The van der Waals surface area contributed by atoms with E-state index in [1.807, 2.05) is 43.5 Å². The Labute approximate surface area is 177 Å². The standard InChI is InChI=1S/C22H19N5O2S/c1-14-9-15(2)24-18(10-14)19-13-30-22(25-19)26-21(29)17-5-8-27(20(28)11-17)12-16-3-6-23-7-4-16/h3-11,13H,12H2,1-2H3,(H,25,26,29). The fraction of sp³-hybridized carbons (Fsp3) is 0.136. The van der Waals surface area contributed by atoms with Crippen LogP contribution in [0.3, 0.4) is 0 Å². The van der Waals surface area contributed by atoms with Crippen molar-refractivity contribution < 1.29 is 4.79 Å². The van der Waals surface area contributed by atoms with Crippen LogP contribution in [0.1, 0.15) is 27.2 Å². The third-order valence-electron chi connectivity index (χ3n) is 4.45. The summed E-state index contributed by atoms with van der Waals surface area (Å²) >= 11 is 1.32. The molecule has 4 heterocycles. The Morgan fingerprint density at radius 1 is 1.07 bits per heavy atom. The number of anilines is 1. The summed E-state index contributed by atoms with van der Waals surface area (Å²) in [5, 5.41) is 5.06. The van der Waals surface area contributed by atoms with Gasteiger partial charge in [0.05, 0.1) is 12.2 Å². The van der Waals surface area contributed by atoms with E-state index in [4.69, 9.17) is 0 Å². The minimum atomic E-state index is -0.377. The van der Waals surface area contributed by atoms with Crippen LogP contribution in [0.5, 0.6) is 0 Å². The summed E-state index contributed by atoms with van der Waals surface area (Å²) in [6.07, 6.45) is 4.97. The lowest BCUT2D eigenvalue weighted by Gasteiger charge is -2.07. The Morgan fingerprint density at radius 2 is 1.87 bits per heavy atom. The number of pyridine rings is 3. The molecule has 4 aromatic rings. The molecule has 0 fully saturated rings. The van der Waals surface area contributed by atoms with Gasteiger partial charge in [-0.15, -0.1) is 11.3 Å². The summed E-state index contributed by atoms with van der Waals surface area (Å²) < 4.78 is 1.54. The molecule has 0 bridgehead atoms. The van der Waals surface area contributed by atoms with Crippen molar-refractivity contribution in [3.05, 3.63) is 93.1 Å². The number of carbonyl (C=O) groups excluding carboxylic acids is 1. The quantitative estimate of drug-likeness (QED) is 0.535. The number of amides is 1. The van der Waals surface area contributed by atoms with E-state index in [-0.39, 0.29) is 17.0 Å². The third-order valence-corrected chi connectivity index (χ3v) is 5.20. The Balaban J connectivity index is 1.48. The van der Waals surface area contributed by atoms with Gasteiger partial charge in [0, 0.05) is 41.3 Å². The van der Waals surface area contributed by atoms with Crippen molar-refractivity contribution in [1.29, 1.82) is 0 Å². The number of aryl methyl sites for hydroxylation is 2. The summed E-state index contributed by atoms with van der Waals surface area (Å²) in [7, 11) is 0. The molecular formula is C22H19N5O2S. The van der Waals surface area contributed by atoms with Crippen molar-refractivity contribution in [2.45, 2.75) is 20.4 Å². The van der Waals surface area contributed by atoms with Gasteiger partial charge in [0.1, 0.15) is 5.69 Å². The topological polar surface area (TPSA) is 89.8 Å². The van der Waals surface area contributed by atoms with Crippen LogP contribution >= 0.6 is 11.3 Å². The molecule has 7 nitrogen and oxygen atoms in total. The molecule has 4 rings (SSSR count). The number of rotatable bonds is 5. The van der Waals surface area contributed by atoms with Crippen LogP contribution in [-0.2, 0) is 6.54 Å². The number of hydrogen-bond donors (Lipinski definition) is 1. The van der Waals surface area contributed by atoms with Gasteiger partial charge >= 0.3 is 0 Å². The maximum atomic E-state index is 12.6. The van der Waals surface area contributed by atoms with E-state index in [1.54, 1.807) is 29.2 Å². The van der Waals surface area contributed by atoms with Gasteiger partial charge in [-0.2, -0.15) is 0 Å². The van der Waals surface area contributed by atoms with Crippen molar-refractivity contribution in [1.82, 2.24) is 19.5 Å². The third kappa shape index (κ3) is 4.49. The second-order valence-corrected chi connectivity index (χ2v) is 7.76. The Hall–Kier alpha value is -3.65. The predicted octanol–water partition coefficient (Wildman–Crippen LogP) is 3.68. The molecule has 0 unspecified atom stereocenters. The van der Waals surface area contributed by atoms with E-state index < -0.39 is 0 Å². The normalized spacial score (nSPS) is 10.7. The first-order valence-electron chi connectivity index (χ1n) is 9.30. The lowest BCUT2D eigenvalue weighted by atomic mass is 10.2. The number of thiazole rings is 1. The molecule has 1 N–H and O–H groups in total. The minimum Gasteiger partial charge on any atom is -0.311 e.